The van der Waals surface area contributed by atoms with Crippen LogP contribution in [-0.4, -0.2) is 18.0 Å². The van der Waals surface area contributed by atoms with E-state index in [2.05, 4.69) is 26.2 Å². The summed E-state index contributed by atoms with van der Waals surface area (Å²) in [6.45, 7) is 0.345. The Labute approximate surface area is 125 Å². The summed E-state index contributed by atoms with van der Waals surface area (Å²) in [6, 6.07) is 8.69. The van der Waals surface area contributed by atoms with E-state index in [9.17, 15) is 4.79 Å². The van der Waals surface area contributed by atoms with E-state index in [1.165, 1.54) is 0 Å². The zero-order valence-corrected chi connectivity index (χ0v) is 12.5. The minimum Gasteiger partial charge on any atom is -0.481 e. The minimum atomic E-state index is -0.184. The lowest BCUT2D eigenvalue weighted by molar-refractivity contribution is 0.0950. The Morgan fingerprint density at radius 3 is 2.95 bits per heavy atom. The van der Waals surface area contributed by atoms with E-state index in [4.69, 9.17) is 10.5 Å². The number of anilines is 1. The van der Waals surface area contributed by atoms with Gasteiger partial charge in [-0.05, 0) is 40.2 Å². The fraction of sp³-hybridized carbons (Fsp3) is 0.143. The molecule has 6 heteroatoms. The lowest BCUT2D eigenvalue weighted by Gasteiger charge is -2.09. The Bertz CT molecular complexity index is 632. The number of nitrogens with two attached hydrogens (primary N) is 1. The molecule has 0 fully saturated rings. The summed E-state index contributed by atoms with van der Waals surface area (Å²) in [5, 5.41) is 2.82. The smallest absolute Gasteiger partial charge is 0.251 e. The standard InChI is InChI=1S/C14H14BrN3O2/c1-20-14-10(3-2-6-17-14)8-18-13(19)9-4-5-12(16)11(15)7-9/h2-7H,8,16H2,1H3,(H,18,19). The summed E-state index contributed by atoms with van der Waals surface area (Å²) in [4.78, 5) is 16.1. The van der Waals surface area contributed by atoms with Crippen LogP contribution >= 0.6 is 15.9 Å². The maximum absolute atomic E-state index is 12.0. The average molecular weight is 336 g/mol. The van der Waals surface area contributed by atoms with Crippen LogP contribution in [0.25, 0.3) is 0 Å². The predicted molar refractivity (Wildman–Crippen MR) is 80.5 cm³/mol. The van der Waals surface area contributed by atoms with Crippen LogP contribution in [0.2, 0.25) is 0 Å². The minimum absolute atomic E-state index is 0.184. The number of benzene rings is 1. The highest BCUT2D eigenvalue weighted by molar-refractivity contribution is 9.10. The molecule has 1 amide bonds. The molecule has 0 aliphatic carbocycles. The number of ether oxygens (including phenoxy) is 1. The zero-order chi connectivity index (χ0) is 14.5. The lowest BCUT2D eigenvalue weighted by Crippen LogP contribution is -2.23. The van der Waals surface area contributed by atoms with Crippen LogP contribution in [0, 0.1) is 0 Å². The average Bonchev–Trinajstić information content (AvgIpc) is 2.47. The van der Waals surface area contributed by atoms with Crippen LogP contribution in [-0.2, 0) is 6.54 Å². The monoisotopic (exact) mass is 335 g/mol. The summed E-state index contributed by atoms with van der Waals surface area (Å²) in [7, 11) is 1.55. The number of amides is 1. The van der Waals surface area contributed by atoms with Crippen LogP contribution in [0.5, 0.6) is 5.88 Å². The highest BCUT2D eigenvalue weighted by Crippen LogP contribution is 2.20. The SMILES string of the molecule is COc1ncccc1CNC(=O)c1ccc(N)c(Br)c1. The Morgan fingerprint density at radius 2 is 2.25 bits per heavy atom. The van der Waals surface area contributed by atoms with Crippen molar-refractivity contribution in [3.63, 3.8) is 0 Å². The fourth-order valence-electron chi connectivity index (χ4n) is 1.69. The second-order valence-electron chi connectivity index (χ2n) is 4.09. The number of nitrogens with zero attached hydrogens (tertiary/aromatic N) is 1. The van der Waals surface area contributed by atoms with E-state index in [1.807, 2.05) is 6.07 Å². The van der Waals surface area contributed by atoms with E-state index in [1.54, 1.807) is 37.6 Å². The van der Waals surface area contributed by atoms with Crippen LogP contribution in [0.1, 0.15) is 15.9 Å². The molecular weight excluding hydrogens is 322 g/mol. The van der Waals surface area contributed by atoms with Gasteiger partial charge in [0.15, 0.2) is 0 Å². The molecular formula is C14H14BrN3O2. The lowest BCUT2D eigenvalue weighted by atomic mass is 10.2. The van der Waals surface area contributed by atoms with Crippen molar-refractivity contribution in [3.8, 4) is 5.88 Å². The Hall–Kier alpha value is -2.08. The van der Waals surface area contributed by atoms with Crippen LogP contribution in [0.3, 0.4) is 0 Å². The molecule has 0 bridgehead atoms. The molecule has 2 aromatic rings. The largest absolute Gasteiger partial charge is 0.481 e. The van der Waals surface area contributed by atoms with Gasteiger partial charge < -0.3 is 15.8 Å². The molecule has 0 atom stereocenters. The predicted octanol–water partition coefficient (Wildman–Crippen LogP) is 2.36. The number of carbonyl (C=O) groups excluding carboxylic acids is 1. The number of carbonyl (C=O) groups is 1. The highest BCUT2D eigenvalue weighted by Gasteiger charge is 2.09. The third kappa shape index (κ3) is 3.27. The number of rotatable bonds is 4. The molecule has 0 unspecified atom stereocenters. The molecule has 0 aliphatic rings. The summed E-state index contributed by atoms with van der Waals surface area (Å²) in [6.07, 6.45) is 1.64. The third-order valence-electron chi connectivity index (χ3n) is 2.75. The van der Waals surface area contributed by atoms with Crippen LogP contribution in [0.4, 0.5) is 5.69 Å². The molecule has 1 heterocycles. The van der Waals surface area contributed by atoms with Crippen molar-refractivity contribution >= 4 is 27.5 Å². The summed E-state index contributed by atoms with van der Waals surface area (Å²) < 4.78 is 5.83. The van der Waals surface area contributed by atoms with E-state index < -0.39 is 0 Å². The first-order chi connectivity index (χ1) is 9.61. The molecule has 1 aromatic carbocycles. The number of aromatic nitrogens is 1. The maximum atomic E-state index is 12.0. The van der Waals surface area contributed by atoms with E-state index in [0.29, 0.717) is 28.1 Å². The first-order valence-corrected chi connectivity index (χ1v) is 6.72. The van der Waals surface area contributed by atoms with Gasteiger partial charge in [-0.2, -0.15) is 0 Å². The maximum Gasteiger partial charge on any atom is 0.251 e. The molecule has 5 nitrogen and oxygen atoms in total. The van der Waals surface area contributed by atoms with Gasteiger partial charge in [-0.3, -0.25) is 4.79 Å². The number of halogens is 1. The van der Waals surface area contributed by atoms with Gasteiger partial charge in [-0.15, -0.1) is 0 Å². The molecule has 3 N–H and O–H groups in total. The molecule has 2 rings (SSSR count). The fourth-order valence-corrected chi connectivity index (χ4v) is 2.07. The van der Waals surface area contributed by atoms with Crippen LogP contribution in [0.15, 0.2) is 41.0 Å². The second-order valence-corrected chi connectivity index (χ2v) is 4.95. The molecule has 0 spiro atoms. The van der Waals surface area contributed by atoms with Gasteiger partial charge in [0.25, 0.3) is 5.91 Å². The third-order valence-corrected chi connectivity index (χ3v) is 3.43. The number of pyridine rings is 1. The van der Waals surface area contributed by atoms with Gasteiger partial charge >= 0.3 is 0 Å². The van der Waals surface area contributed by atoms with Gasteiger partial charge in [0.1, 0.15) is 0 Å². The summed E-state index contributed by atoms with van der Waals surface area (Å²) >= 11 is 3.30. The summed E-state index contributed by atoms with van der Waals surface area (Å²) in [5.41, 5.74) is 7.63. The number of hydrogen-bond donors (Lipinski definition) is 2. The number of methoxy groups -OCH3 is 1. The van der Waals surface area contributed by atoms with Crippen molar-refractivity contribution in [1.82, 2.24) is 10.3 Å². The summed E-state index contributed by atoms with van der Waals surface area (Å²) in [5.74, 6) is 0.322. The number of nitrogen functional groups attached to an aromatic ring is 1. The van der Waals surface area contributed by atoms with Gasteiger partial charge in [-0.25, -0.2) is 4.98 Å². The molecule has 20 heavy (non-hydrogen) atoms. The topological polar surface area (TPSA) is 77.2 Å². The Balaban J connectivity index is 2.06. The van der Waals surface area contributed by atoms with E-state index >= 15 is 0 Å². The Kier molecular flexibility index (Phi) is 4.57. The first-order valence-electron chi connectivity index (χ1n) is 5.93. The molecule has 0 saturated heterocycles. The quantitative estimate of drug-likeness (QED) is 0.841. The van der Waals surface area contributed by atoms with E-state index in [-0.39, 0.29) is 5.91 Å². The highest BCUT2D eigenvalue weighted by atomic mass is 79.9. The van der Waals surface area contributed by atoms with Crippen molar-refractivity contribution in [3.05, 3.63) is 52.1 Å². The van der Waals surface area contributed by atoms with Crippen molar-refractivity contribution in [2.75, 3.05) is 12.8 Å². The van der Waals surface area contributed by atoms with Gasteiger partial charge in [0.2, 0.25) is 5.88 Å². The van der Waals surface area contributed by atoms with Gasteiger partial charge in [0.05, 0.1) is 7.11 Å². The van der Waals surface area contributed by atoms with Crippen molar-refractivity contribution in [2.24, 2.45) is 0 Å². The van der Waals surface area contributed by atoms with Crippen molar-refractivity contribution in [2.45, 2.75) is 6.54 Å². The molecule has 0 aliphatic heterocycles. The van der Waals surface area contributed by atoms with E-state index in [0.717, 1.165) is 5.56 Å². The molecule has 1 aromatic heterocycles. The second kappa shape index (κ2) is 6.38. The van der Waals surface area contributed by atoms with Crippen molar-refractivity contribution in [1.29, 1.82) is 0 Å². The number of nitrogens with one attached hydrogen (secondary N) is 1. The first kappa shape index (κ1) is 14.3. The van der Waals surface area contributed by atoms with Gasteiger partial charge in [-0.1, -0.05) is 6.07 Å². The number of hydrogen-bond acceptors (Lipinski definition) is 4. The molecule has 0 radical (unpaired) electrons. The van der Waals surface area contributed by atoms with Gasteiger partial charge in [0, 0.05) is 34.0 Å². The molecule has 104 valence electrons. The zero-order valence-electron chi connectivity index (χ0n) is 10.9. The Morgan fingerprint density at radius 1 is 1.45 bits per heavy atom. The van der Waals surface area contributed by atoms with Crippen LogP contribution < -0.4 is 15.8 Å². The molecule has 0 saturated carbocycles. The van der Waals surface area contributed by atoms with Crippen molar-refractivity contribution < 1.29 is 9.53 Å². The normalized spacial score (nSPS) is 10.1.